The van der Waals surface area contributed by atoms with Crippen LogP contribution in [0.5, 0.6) is 0 Å². The number of aryl methyl sites for hydroxylation is 1. The lowest BCUT2D eigenvalue weighted by Gasteiger charge is -2.15. The molecule has 2 heterocycles. The first-order valence-corrected chi connectivity index (χ1v) is 11.0. The Balaban J connectivity index is 1.41. The van der Waals surface area contributed by atoms with Gasteiger partial charge < -0.3 is 15.5 Å². The highest BCUT2D eigenvalue weighted by Gasteiger charge is 2.17. The summed E-state index contributed by atoms with van der Waals surface area (Å²) in [4.78, 5) is 39.6. The molecule has 1 aromatic heterocycles. The van der Waals surface area contributed by atoms with E-state index in [1.165, 1.54) is 4.88 Å². The van der Waals surface area contributed by atoms with E-state index in [2.05, 4.69) is 16.7 Å². The minimum Gasteiger partial charge on any atom is -0.352 e. The number of carbonyl (C=O) groups is 3. The van der Waals surface area contributed by atoms with Gasteiger partial charge in [-0.15, -0.1) is 11.3 Å². The zero-order chi connectivity index (χ0) is 20.5. The Hall–Kier alpha value is -2.67. The number of nitrogens with one attached hydrogen (secondary N) is 2. The Labute approximate surface area is 175 Å². The number of carbonyl (C=O) groups excluding carboxylic acids is 3. The predicted molar refractivity (Wildman–Crippen MR) is 115 cm³/mol. The van der Waals surface area contributed by atoms with Crippen molar-refractivity contribution in [3.05, 3.63) is 52.2 Å². The van der Waals surface area contributed by atoms with E-state index in [0.29, 0.717) is 30.6 Å². The van der Waals surface area contributed by atoms with Crippen LogP contribution in [0.15, 0.2) is 41.8 Å². The molecular formula is C22H27N3O3S. The molecule has 7 heteroatoms. The van der Waals surface area contributed by atoms with E-state index < -0.39 is 0 Å². The third-order valence-corrected chi connectivity index (χ3v) is 5.83. The highest BCUT2D eigenvalue weighted by atomic mass is 32.1. The molecule has 6 nitrogen and oxygen atoms in total. The van der Waals surface area contributed by atoms with Gasteiger partial charge in [0, 0.05) is 48.6 Å². The number of hydrogen-bond donors (Lipinski definition) is 2. The summed E-state index contributed by atoms with van der Waals surface area (Å²) in [5.41, 5.74) is 1.07. The molecule has 1 aromatic carbocycles. The maximum atomic E-state index is 12.3. The highest BCUT2D eigenvalue weighted by molar-refractivity contribution is 7.09. The molecule has 3 rings (SSSR count). The topological polar surface area (TPSA) is 78.5 Å². The predicted octanol–water partition coefficient (Wildman–Crippen LogP) is 3.45. The Kier molecular flexibility index (Phi) is 7.81. The van der Waals surface area contributed by atoms with Crippen molar-refractivity contribution < 1.29 is 14.4 Å². The molecule has 1 saturated heterocycles. The first-order chi connectivity index (χ1) is 14.1. The maximum absolute atomic E-state index is 12.3. The number of hydrogen-bond acceptors (Lipinski definition) is 4. The first kappa shape index (κ1) is 21.0. The molecule has 2 N–H and O–H groups in total. The van der Waals surface area contributed by atoms with Crippen LogP contribution in [-0.4, -0.2) is 42.3 Å². The summed E-state index contributed by atoms with van der Waals surface area (Å²) in [6.45, 7) is 1.96. The first-order valence-electron chi connectivity index (χ1n) is 10.1. The Morgan fingerprint density at radius 2 is 1.86 bits per heavy atom. The number of nitrogens with zero attached hydrogens (tertiary/aromatic N) is 1. The van der Waals surface area contributed by atoms with Crippen LogP contribution < -0.4 is 10.6 Å². The van der Waals surface area contributed by atoms with Gasteiger partial charge in [0.2, 0.25) is 11.8 Å². The van der Waals surface area contributed by atoms with Crippen molar-refractivity contribution in [2.45, 2.75) is 38.5 Å². The van der Waals surface area contributed by atoms with E-state index in [1.54, 1.807) is 35.6 Å². The molecule has 0 radical (unpaired) electrons. The number of thiophene rings is 1. The van der Waals surface area contributed by atoms with Gasteiger partial charge in [-0.1, -0.05) is 12.1 Å². The van der Waals surface area contributed by atoms with Gasteiger partial charge >= 0.3 is 0 Å². The van der Waals surface area contributed by atoms with Crippen LogP contribution in [0.25, 0.3) is 0 Å². The van der Waals surface area contributed by atoms with Gasteiger partial charge in [0.25, 0.3) is 5.91 Å². The third kappa shape index (κ3) is 6.71. The molecule has 0 saturated carbocycles. The van der Waals surface area contributed by atoms with Crippen LogP contribution in [0.3, 0.4) is 0 Å². The fourth-order valence-corrected chi connectivity index (χ4v) is 4.10. The minimum absolute atomic E-state index is 0.0599. The van der Waals surface area contributed by atoms with E-state index in [-0.39, 0.29) is 17.7 Å². The lowest BCUT2D eigenvalue weighted by molar-refractivity contribution is -0.130. The average Bonchev–Trinajstić information content (AvgIpc) is 3.42. The van der Waals surface area contributed by atoms with Crippen molar-refractivity contribution >= 4 is 34.7 Å². The quantitative estimate of drug-likeness (QED) is 0.661. The van der Waals surface area contributed by atoms with Gasteiger partial charge in [0.1, 0.15) is 0 Å². The van der Waals surface area contributed by atoms with Crippen LogP contribution in [-0.2, 0) is 16.0 Å². The molecule has 0 atom stereocenters. The number of rotatable bonds is 9. The van der Waals surface area contributed by atoms with Crippen molar-refractivity contribution in [1.29, 1.82) is 0 Å². The van der Waals surface area contributed by atoms with Crippen molar-refractivity contribution in [1.82, 2.24) is 10.2 Å². The van der Waals surface area contributed by atoms with Gasteiger partial charge in [-0.2, -0.15) is 0 Å². The zero-order valence-electron chi connectivity index (χ0n) is 16.5. The Morgan fingerprint density at radius 3 is 2.62 bits per heavy atom. The van der Waals surface area contributed by atoms with E-state index >= 15 is 0 Å². The van der Waals surface area contributed by atoms with Gasteiger partial charge in [-0.3, -0.25) is 14.4 Å². The monoisotopic (exact) mass is 413 g/mol. The normalized spacial score (nSPS) is 13.3. The molecule has 3 amide bonds. The number of anilines is 1. The van der Waals surface area contributed by atoms with E-state index in [0.717, 1.165) is 38.8 Å². The van der Waals surface area contributed by atoms with Crippen molar-refractivity contribution in [2.24, 2.45) is 0 Å². The molecule has 0 unspecified atom stereocenters. The summed E-state index contributed by atoms with van der Waals surface area (Å²) in [7, 11) is 0. The summed E-state index contributed by atoms with van der Waals surface area (Å²) < 4.78 is 0. The van der Waals surface area contributed by atoms with Crippen LogP contribution in [0.1, 0.15) is 47.3 Å². The van der Waals surface area contributed by atoms with Gasteiger partial charge in [0.05, 0.1) is 0 Å². The maximum Gasteiger partial charge on any atom is 0.251 e. The summed E-state index contributed by atoms with van der Waals surface area (Å²) >= 11 is 1.70. The van der Waals surface area contributed by atoms with E-state index in [1.807, 2.05) is 16.3 Å². The summed E-state index contributed by atoms with van der Waals surface area (Å²) in [6, 6.07) is 11.0. The molecule has 0 aliphatic carbocycles. The summed E-state index contributed by atoms with van der Waals surface area (Å²) in [5.74, 6) is -0.213. The molecule has 0 bridgehead atoms. The largest absolute Gasteiger partial charge is 0.352 e. The molecule has 1 aliphatic rings. The van der Waals surface area contributed by atoms with Crippen molar-refractivity contribution in [2.75, 3.05) is 25.0 Å². The molecule has 154 valence electrons. The molecule has 1 fully saturated rings. The smallest absolute Gasteiger partial charge is 0.251 e. The van der Waals surface area contributed by atoms with Crippen LogP contribution in [0.4, 0.5) is 5.69 Å². The highest BCUT2D eigenvalue weighted by Crippen LogP contribution is 2.14. The Bertz CT molecular complexity index is 830. The molecule has 0 spiro atoms. The van der Waals surface area contributed by atoms with Crippen LogP contribution in [0, 0.1) is 0 Å². The second kappa shape index (κ2) is 10.8. The van der Waals surface area contributed by atoms with E-state index in [4.69, 9.17) is 0 Å². The Morgan fingerprint density at radius 1 is 1.03 bits per heavy atom. The number of amides is 3. The van der Waals surface area contributed by atoms with Crippen molar-refractivity contribution in [3.8, 4) is 0 Å². The van der Waals surface area contributed by atoms with Crippen molar-refractivity contribution in [3.63, 3.8) is 0 Å². The molecule has 2 aromatic rings. The van der Waals surface area contributed by atoms with Crippen LogP contribution in [0.2, 0.25) is 0 Å². The molecular weight excluding hydrogens is 386 g/mol. The lowest BCUT2D eigenvalue weighted by Crippen LogP contribution is -2.32. The fraction of sp³-hybridized carbons (Fsp3) is 0.409. The third-order valence-electron chi connectivity index (χ3n) is 4.90. The molecule has 1 aliphatic heterocycles. The SMILES string of the molecule is O=C(CCCc1cccs1)Nc1cccc(C(=O)NCCC(=O)N2CCCC2)c1. The van der Waals surface area contributed by atoms with Crippen LogP contribution >= 0.6 is 11.3 Å². The van der Waals surface area contributed by atoms with Gasteiger partial charge in [-0.05, 0) is 55.3 Å². The van der Waals surface area contributed by atoms with Gasteiger partial charge in [-0.25, -0.2) is 0 Å². The average molecular weight is 414 g/mol. The minimum atomic E-state index is -0.243. The molecule has 29 heavy (non-hydrogen) atoms. The summed E-state index contributed by atoms with van der Waals surface area (Å²) in [5, 5.41) is 7.67. The lowest BCUT2D eigenvalue weighted by atomic mass is 10.1. The summed E-state index contributed by atoms with van der Waals surface area (Å²) in [6.07, 6.45) is 4.55. The number of benzene rings is 1. The second-order valence-corrected chi connectivity index (χ2v) is 8.19. The van der Waals surface area contributed by atoms with E-state index in [9.17, 15) is 14.4 Å². The number of likely N-dealkylation sites (tertiary alicyclic amines) is 1. The fourth-order valence-electron chi connectivity index (χ4n) is 3.35. The zero-order valence-corrected chi connectivity index (χ0v) is 17.3. The van der Waals surface area contributed by atoms with Gasteiger partial charge in [0.15, 0.2) is 0 Å². The standard InChI is InChI=1S/C22H27N3O3S/c26-20(10-4-8-19-9-5-15-29-19)24-18-7-3-6-17(16-18)22(28)23-12-11-21(27)25-13-1-2-14-25/h3,5-7,9,15-16H,1-2,4,8,10-14H2,(H,23,28)(H,24,26). The second-order valence-electron chi connectivity index (χ2n) is 7.16.